The second-order valence-electron chi connectivity index (χ2n) is 4.38. The molecule has 1 amide bonds. The Kier molecular flexibility index (Phi) is 2.54. The fourth-order valence-electron chi connectivity index (χ4n) is 2.53. The van der Waals surface area contributed by atoms with Crippen LogP contribution in [-0.2, 0) is 4.79 Å². The van der Waals surface area contributed by atoms with Gasteiger partial charge in [-0.25, -0.2) is 0 Å². The second kappa shape index (κ2) is 3.66. The molecule has 13 heavy (non-hydrogen) atoms. The van der Waals surface area contributed by atoms with Crippen molar-refractivity contribution < 1.29 is 4.79 Å². The third kappa shape index (κ3) is 2.02. The molecule has 0 radical (unpaired) electrons. The number of hydrogen-bond donors (Lipinski definition) is 1. The Morgan fingerprint density at radius 1 is 1.46 bits per heavy atom. The van der Waals surface area contributed by atoms with E-state index in [1.54, 1.807) is 0 Å². The van der Waals surface area contributed by atoms with Gasteiger partial charge in [0.1, 0.15) is 0 Å². The van der Waals surface area contributed by atoms with Crippen molar-refractivity contribution >= 4 is 5.91 Å². The van der Waals surface area contributed by atoms with Gasteiger partial charge in [0, 0.05) is 19.0 Å². The Balaban J connectivity index is 1.89. The molecule has 2 rings (SSSR count). The fraction of sp³-hybridized carbons (Fsp3) is 0.900. The third-order valence-electron chi connectivity index (χ3n) is 3.26. The van der Waals surface area contributed by atoms with E-state index >= 15 is 0 Å². The minimum atomic E-state index is 0.248. The zero-order valence-corrected chi connectivity index (χ0v) is 8.25. The molecular weight excluding hydrogens is 164 g/mol. The molecule has 2 aliphatic heterocycles. The molecule has 2 saturated heterocycles. The molecule has 2 heterocycles. The standard InChI is InChI=1S/C10H18N2O/c1-12-6-2-3-8(7-12)9-4-5-10(13)11-9/h8-9H,2-7H2,1H3,(H,11,13). The van der Waals surface area contributed by atoms with Crippen LogP contribution in [0.5, 0.6) is 0 Å². The fourth-order valence-corrected chi connectivity index (χ4v) is 2.53. The first-order valence-corrected chi connectivity index (χ1v) is 5.23. The summed E-state index contributed by atoms with van der Waals surface area (Å²) in [5.74, 6) is 0.948. The average molecular weight is 182 g/mol. The molecule has 0 aromatic rings. The summed E-state index contributed by atoms with van der Waals surface area (Å²) in [6.45, 7) is 2.38. The van der Waals surface area contributed by atoms with Crippen molar-refractivity contribution in [2.24, 2.45) is 5.92 Å². The van der Waals surface area contributed by atoms with Gasteiger partial charge in [-0.05, 0) is 38.8 Å². The van der Waals surface area contributed by atoms with Crippen molar-refractivity contribution in [3.05, 3.63) is 0 Å². The van der Waals surface area contributed by atoms with E-state index in [2.05, 4.69) is 17.3 Å². The van der Waals surface area contributed by atoms with Crippen LogP contribution in [0.15, 0.2) is 0 Å². The Bertz CT molecular complexity index is 205. The molecule has 0 spiro atoms. The third-order valence-corrected chi connectivity index (χ3v) is 3.26. The van der Waals surface area contributed by atoms with E-state index in [4.69, 9.17) is 0 Å². The van der Waals surface area contributed by atoms with Gasteiger partial charge in [-0.15, -0.1) is 0 Å². The summed E-state index contributed by atoms with van der Waals surface area (Å²) < 4.78 is 0. The minimum absolute atomic E-state index is 0.248. The summed E-state index contributed by atoms with van der Waals surface area (Å²) in [6, 6.07) is 0.468. The summed E-state index contributed by atoms with van der Waals surface area (Å²) in [5, 5.41) is 3.08. The van der Waals surface area contributed by atoms with Gasteiger partial charge in [0.05, 0.1) is 0 Å². The number of nitrogens with zero attached hydrogens (tertiary/aromatic N) is 1. The summed E-state index contributed by atoms with van der Waals surface area (Å²) >= 11 is 0. The summed E-state index contributed by atoms with van der Waals surface area (Å²) in [7, 11) is 2.17. The number of piperidine rings is 1. The smallest absolute Gasteiger partial charge is 0.220 e. The lowest BCUT2D eigenvalue weighted by atomic mass is 9.90. The monoisotopic (exact) mass is 182 g/mol. The Labute approximate surface area is 79.5 Å². The quantitative estimate of drug-likeness (QED) is 0.644. The van der Waals surface area contributed by atoms with Crippen molar-refractivity contribution in [3.8, 4) is 0 Å². The van der Waals surface area contributed by atoms with Gasteiger partial charge in [0.2, 0.25) is 5.91 Å². The van der Waals surface area contributed by atoms with Gasteiger partial charge in [0.15, 0.2) is 0 Å². The number of carbonyl (C=O) groups excluding carboxylic acids is 1. The maximum Gasteiger partial charge on any atom is 0.220 e. The van der Waals surface area contributed by atoms with Crippen LogP contribution >= 0.6 is 0 Å². The highest BCUT2D eigenvalue weighted by Crippen LogP contribution is 2.24. The topological polar surface area (TPSA) is 32.3 Å². The maximum atomic E-state index is 11.1. The van der Waals surface area contributed by atoms with E-state index in [0.717, 1.165) is 19.4 Å². The molecule has 0 aromatic heterocycles. The molecule has 0 aliphatic carbocycles. The van der Waals surface area contributed by atoms with Gasteiger partial charge in [-0.1, -0.05) is 0 Å². The van der Waals surface area contributed by atoms with E-state index in [0.29, 0.717) is 12.0 Å². The number of likely N-dealkylation sites (tertiary alicyclic amines) is 1. The molecule has 2 aliphatic rings. The van der Waals surface area contributed by atoms with Gasteiger partial charge in [-0.2, -0.15) is 0 Å². The molecule has 2 unspecified atom stereocenters. The normalized spacial score (nSPS) is 36.2. The van der Waals surface area contributed by atoms with E-state index in [-0.39, 0.29) is 5.91 Å². The molecule has 0 saturated carbocycles. The van der Waals surface area contributed by atoms with Crippen LogP contribution in [0, 0.1) is 5.92 Å². The molecule has 0 aromatic carbocycles. The van der Waals surface area contributed by atoms with E-state index in [1.807, 2.05) is 0 Å². The largest absolute Gasteiger partial charge is 0.353 e. The number of nitrogens with one attached hydrogen (secondary N) is 1. The molecule has 3 nitrogen and oxygen atoms in total. The molecule has 2 fully saturated rings. The highest BCUT2D eigenvalue weighted by molar-refractivity contribution is 5.78. The Morgan fingerprint density at radius 2 is 2.31 bits per heavy atom. The maximum absolute atomic E-state index is 11.1. The number of rotatable bonds is 1. The Morgan fingerprint density at radius 3 is 2.92 bits per heavy atom. The van der Waals surface area contributed by atoms with Crippen LogP contribution in [0.2, 0.25) is 0 Å². The first-order valence-electron chi connectivity index (χ1n) is 5.23. The van der Waals surface area contributed by atoms with Crippen molar-refractivity contribution in [2.75, 3.05) is 20.1 Å². The highest BCUT2D eigenvalue weighted by atomic mass is 16.1. The van der Waals surface area contributed by atoms with Gasteiger partial charge >= 0.3 is 0 Å². The zero-order chi connectivity index (χ0) is 9.26. The highest BCUT2D eigenvalue weighted by Gasteiger charge is 2.30. The van der Waals surface area contributed by atoms with Crippen molar-refractivity contribution in [3.63, 3.8) is 0 Å². The van der Waals surface area contributed by atoms with Crippen molar-refractivity contribution in [1.82, 2.24) is 10.2 Å². The van der Waals surface area contributed by atoms with E-state index in [9.17, 15) is 4.79 Å². The summed E-state index contributed by atoms with van der Waals surface area (Å²) in [5.41, 5.74) is 0. The lowest BCUT2D eigenvalue weighted by Gasteiger charge is -2.33. The van der Waals surface area contributed by atoms with Crippen LogP contribution in [0.25, 0.3) is 0 Å². The first kappa shape index (κ1) is 9.00. The number of carbonyl (C=O) groups is 1. The zero-order valence-electron chi connectivity index (χ0n) is 8.25. The second-order valence-corrected chi connectivity index (χ2v) is 4.38. The van der Waals surface area contributed by atoms with Crippen molar-refractivity contribution in [2.45, 2.75) is 31.7 Å². The van der Waals surface area contributed by atoms with E-state index in [1.165, 1.54) is 19.4 Å². The molecule has 74 valence electrons. The van der Waals surface area contributed by atoms with Gasteiger partial charge in [-0.3, -0.25) is 4.79 Å². The molecule has 1 N–H and O–H groups in total. The predicted octanol–water partition coefficient (Wildman–Crippen LogP) is 0.607. The first-order chi connectivity index (χ1) is 6.25. The SMILES string of the molecule is CN1CCCC(C2CCC(=O)N2)C1. The molecular formula is C10H18N2O. The summed E-state index contributed by atoms with van der Waals surface area (Å²) in [4.78, 5) is 13.4. The van der Waals surface area contributed by atoms with Crippen LogP contribution in [0.1, 0.15) is 25.7 Å². The van der Waals surface area contributed by atoms with E-state index < -0.39 is 0 Å². The predicted molar refractivity (Wildman–Crippen MR) is 51.4 cm³/mol. The van der Waals surface area contributed by atoms with Gasteiger partial charge in [0.25, 0.3) is 0 Å². The Hall–Kier alpha value is -0.570. The van der Waals surface area contributed by atoms with Crippen LogP contribution in [-0.4, -0.2) is 37.0 Å². The minimum Gasteiger partial charge on any atom is -0.353 e. The molecule has 2 atom stereocenters. The van der Waals surface area contributed by atoms with Crippen molar-refractivity contribution in [1.29, 1.82) is 0 Å². The van der Waals surface area contributed by atoms with Crippen LogP contribution < -0.4 is 5.32 Å². The van der Waals surface area contributed by atoms with Crippen LogP contribution in [0.4, 0.5) is 0 Å². The lowest BCUT2D eigenvalue weighted by Crippen LogP contribution is -2.42. The molecule has 3 heteroatoms. The molecule has 0 bridgehead atoms. The summed E-state index contributed by atoms with van der Waals surface area (Å²) in [6.07, 6.45) is 4.37. The number of hydrogen-bond acceptors (Lipinski definition) is 2. The van der Waals surface area contributed by atoms with Crippen LogP contribution in [0.3, 0.4) is 0 Å². The average Bonchev–Trinajstić information content (AvgIpc) is 2.52. The van der Waals surface area contributed by atoms with Gasteiger partial charge < -0.3 is 10.2 Å². The lowest BCUT2D eigenvalue weighted by molar-refractivity contribution is -0.119. The number of amides is 1.